The maximum absolute atomic E-state index is 11.5. The number of likely N-dealkylation sites (tertiary alicyclic amines) is 2. The molecule has 14 heteroatoms. The molecule has 0 aliphatic carbocycles. The van der Waals surface area contributed by atoms with Gasteiger partial charge >= 0.3 is 0 Å². The van der Waals surface area contributed by atoms with Crippen LogP contribution in [0.4, 0.5) is 5.69 Å². The Morgan fingerprint density at radius 3 is 1.42 bits per heavy atom. The smallest absolute Gasteiger partial charge is 0.258 e. The van der Waals surface area contributed by atoms with Gasteiger partial charge in [0, 0.05) is 68.6 Å². The lowest BCUT2D eigenvalue weighted by Crippen LogP contribution is -2.34. The molecule has 6 rings (SSSR count). The van der Waals surface area contributed by atoms with Gasteiger partial charge in [0.1, 0.15) is 0 Å². The van der Waals surface area contributed by atoms with Crippen LogP contribution in [-0.4, -0.2) is 80.3 Å². The Morgan fingerprint density at radius 2 is 1.04 bits per heavy atom. The van der Waals surface area contributed by atoms with E-state index in [1.807, 2.05) is 33.8 Å². The summed E-state index contributed by atoms with van der Waals surface area (Å²) in [5.41, 5.74) is 1.98. The van der Waals surface area contributed by atoms with Crippen LogP contribution in [0.2, 0.25) is 0 Å². The van der Waals surface area contributed by atoms with E-state index in [0.29, 0.717) is 37.2 Å². The molecule has 53 heavy (non-hydrogen) atoms. The normalized spacial score (nSPS) is 16.1. The molecular weight excluding hydrogens is 684 g/mol. The molecule has 4 aliphatic heterocycles. The first-order chi connectivity index (χ1) is 25.4. The standard InChI is InChI=1S/C11H11NO4.C10H7NO2.C8H9NO2.C6H9NO2.2C2H6/c13-9-6-7-10(14)12(9)11(16-15)8-4-2-1-3-5-8;12-9-6-7-10(13)11(9)8-4-2-1-3-5-8;1-6(2)5-9-7(10)3-4-8(9)11;1-2-7-5(8)3-4-6(7)9;2*1-2/h1-5,11,15H,6-7H2;1-7H;3-4H,1,5H2,2H3;2-4H2,1H3;2*1-2H3. The number of carbonyl (C=O) groups is 8. The molecule has 0 bridgehead atoms. The third-order valence-electron chi connectivity index (χ3n) is 7.13. The number of benzene rings is 2. The van der Waals surface area contributed by atoms with Crippen molar-refractivity contribution in [2.45, 2.75) is 73.5 Å². The van der Waals surface area contributed by atoms with E-state index >= 15 is 0 Å². The van der Waals surface area contributed by atoms with E-state index in [0.717, 1.165) is 20.3 Å². The highest BCUT2D eigenvalue weighted by atomic mass is 17.1. The molecule has 2 saturated heterocycles. The van der Waals surface area contributed by atoms with Crippen LogP contribution < -0.4 is 4.90 Å². The molecule has 0 radical (unpaired) electrons. The van der Waals surface area contributed by atoms with E-state index in [-0.39, 0.29) is 60.1 Å². The molecule has 4 aliphatic rings. The van der Waals surface area contributed by atoms with Crippen molar-refractivity contribution in [1.29, 1.82) is 0 Å². The van der Waals surface area contributed by atoms with Crippen molar-refractivity contribution in [2.24, 2.45) is 0 Å². The molecule has 0 aromatic heterocycles. The number of amides is 8. The number of nitrogens with zero attached hydrogens (tertiary/aromatic N) is 4. The largest absolute Gasteiger partial charge is 0.283 e. The highest BCUT2D eigenvalue weighted by molar-refractivity contribution is 6.28. The van der Waals surface area contributed by atoms with Crippen molar-refractivity contribution < 1.29 is 48.5 Å². The minimum Gasteiger partial charge on any atom is -0.283 e. The minimum absolute atomic E-state index is 0.0255. The summed E-state index contributed by atoms with van der Waals surface area (Å²) in [6.07, 6.45) is 5.21. The Hall–Kier alpha value is -5.86. The van der Waals surface area contributed by atoms with Gasteiger partial charge in [0.15, 0.2) is 6.23 Å². The van der Waals surface area contributed by atoms with Crippen molar-refractivity contribution in [3.63, 3.8) is 0 Å². The highest BCUT2D eigenvalue weighted by Crippen LogP contribution is 2.27. The summed E-state index contributed by atoms with van der Waals surface area (Å²) in [5, 5.41) is 8.83. The Bertz CT molecular complexity index is 1600. The Balaban J connectivity index is 0.000000349. The summed E-state index contributed by atoms with van der Waals surface area (Å²) in [6, 6.07) is 17.5. The van der Waals surface area contributed by atoms with Crippen LogP contribution in [0.15, 0.2) is 97.1 Å². The van der Waals surface area contributed by atoms with E-state index in [2.05, 4.69) is 11.5 Å². The first kappa shape index (κ1) is 45.2. The van der Waals surface area contributed by atoms with Gasteiger partial charge in [0.25, 0.3) is 23.6 Å². The third kappa shape index (κ3) is 13.3. The third-order valence-corrected chi connectivity index (χ3v) is 7.13. The second-order valence-electron chi connectivity index (χ2n) is 10.8. The number of hydrogen-bond acceptors (Lipinski definition) is 10. The van der Waals surface area contributed by atoms with Crippen LogP contribution in [-0.2, 0) is 43.2 Å². The molecular formula is C39H48N4O10. The van der Waals surface area contributed by atoms with Gasteiger partial charge in [0.2, 0.25) is 23.6 Å². The predicted octanol–water partition coefficient (Wildman–Crippen LogP) is 5.14. The maximum atomic E-state index is 11.5. The van der Waals surface area contributed by atoms with E-state index in [1.165, 1.54) is 29.2 Å². The summed E-state index contributed by atoms with van der Waals surface area (Å²) in [5.74, 6) is -1.77. The maximum Gasteiger partial charge on any atom is 0.258 e. The van der Waals surface area contributed by atoms with Gasteiger partial charge < -0.3 is 0 Å². The number of anilines is 1. The zero-order valence-corrected chi connectivity index (χ0v) is 31.0. The number of carbonyl (C=O) groups excluding carboxylic acids is 8. The molecule has 14 nitrogen and oxygen atoms in total. The van der Waals surface area contributed by atoms with Crippen molar-refractivity contribution in [1.82, 2.24) is 14.7 Å². The summed E-state index contributed by atoms with van der Waals surface area (Å²) >= 11 is 0. The molecule has 1 atom stereocenters. The quantitative estimate of drug-likeness (QED) is 0.174. The second-order valence-corrected chi connectivity index (χ2v) is 10.8. The molecule has 2 aromatic rings. The number of hydrogen-bond donors (Lipinski definition) is 1. The van der Waals surface area contributed by atoms with Crippen LogP contribution in [0.5, 0.6) is 0 Å². The zero-order chi connectivity index (χ0) is 40.1. The van der Waals surface area contributed by atoms with E-state index in [1.54, 1.807) is 68.4 Å². The van der Waals surface area contributed by atoms with Crippen molar-refractivity contribution in [3.05, 3.63) is 103 Å². The predicted molar refractivity (Wildman–Crippen MR) is 197 cm³/mol. The molecule has 8 amide bonds. The van der Waals surface area contributed by atoms with Gasteiger partial charge in [-0.3, -0.25) is 48.2 Å². The van der Waals surface area contributed by atoms with Crippen molar-refractivity contribution in [3.8, 4) is 0 Å². The van der Waals surface area contributed by atoms with Gasteiger partial charge in [-0.25, -0.2) is 19.9 Å². The van der Waals surface area contributed by atoms with E-state index in [9.17, 15) is 38.4 Å². The first-order valence-corrected chi connectivity index (χ1v) is 17.2. The SMILES string of the molecule is C=C(C)CN1C(=O)C=CC1=O.CC.CC.CCN1C(=O)CCC1=O.O=C1C=CC(=O)N1c1ccccc1.O=C1CCC(=O)N1C(OO)c1ccccc1. The average molecular weight is 733 g/mol. The van der Waals surface area contributed by atoms with Gasteiger partial charge in [-0.1, -0.05) is 88.4 Å². The topological polar surface area (TPSA) is 179 Å². The Labute approximate surface area is 309 Å². The fourth-order valence-corrected chi connectivity index (χ4v) is 4.79. The lowest BCUT2D eigenvalue weighted by molar-refractivity contribution is -0.308. The molecule has 1 N–H and O–H groups in total. The first-order valence-electron chi connectivity index (χ1n) is 17.2. The summed E-state index contributed by atoms with van der Waals surface area (Å²) < 4.78 is 0. The lowest BCUT2D eigenvalue weighted by Gasteiger charge is -2.23. The monoisotopic (exact) mass is 732 g/mol. The zero-order valence-electron chi connectivity index (χ0n) is 31.0. The number of para-hydroxylation sites is 1. The van der Waals surface area contributed by atoms with Gasteiger partial charge in [-0.05, 0) is 26.0 Å². The van der Waals surface area contributed by atoms with Crippen LogP contribution >= 0.6 is 0 Å². The van der Waals surface area contributed by atoms with Crippen molar-refractivity contribution in [2.75, 3.05) is 18.0 Å². The minimum atomic E-state index is -1.04. The fourth-order valence-electron chi connectivity index (χ4n) is 4.79. The van der Waals surface area contributed by atoms with E-state index in [4.69, 9.17) is 5.26 Å². The fraction of sp³-hybridized carbons (Fsp3) is 0.333. The number of rotatable bonds is 7. The van der Waals surface area contributed by atoms with Gasteiger partial charge in [0.05, 0.1) is 5.69 Å². The van der Waals surface area contributed by atoms with Crippen molar-refractivity contribution >= 4 is 52.9 Å². The molecule has 0 saturated carbocycles. The Morgan fingerprint density at radius 1 is 0.642 bits per heavy atom. The molecule has 284 valence electrons. The van der Waals surface area contributed by atoms with Gasteiger partial charge in [-0.2, -0.15) is 0 Å². The summed E-state index contributed by atoms with van der Waals surface area (Å²) in [4.78, 5) is 97.4. The second kappa shape index (κ2) is 23.6. The van der Waals surface area contributed by atoms with Gasteiger partial charge in [-0.15, -0.1) is 0 Å². The summed E-state index contributed by atoms with van der Waals surface area (Å²) in [7, 11) is 0. The number of imide groups is 4. The van der Waals surface area contributed by atoms with Crippen LogP contribution in [0.3, 0.4) is 0 Å². The lowest BCUT2D eigenvalue weighted by atomic mass is 10.2. The summed E-state index contributed by atoms with van der Waals surface area (Å²) in [6.45, 7) is 16.0. The van der Waals surface area contributed by atoms with Crippen LogP contribution in [0, 0.1) is 0 Å². The molecule has 1 unspecified atom stereocenters. The van der Waals surface area contributed by atoms with Crippen LogP contribution in [0.25, 0.3) is 0 Å². The highest BCUT2D eigenvalue weighted by Gasteiger charge is 2.36. The average Bonchev–Trinajstić information content (AvgIpc) is 3.90. The van der Waals surface area contributed by atoms with Crippen LogP contribution in [0.1, 0.15) is 79.0 Å². The molecule has 2 fully saturated rings. The Kier molecular flexibility index (Phi) is 20.1. The molecule has 0 spiro atoms. The molecule has 4 heterocycles. The van der Waals surface area contributed by atoms with E-state index < -0.39 is 6.23 Å². The molecule has 2 aromatic carbocycles.